The summed E-state index contributed by atoms with van der Waals surface area (Å²) in [4.78, 5) is 4.26. The second kappa shape index (κ2) is 12.3. The van der Waals surface area contributed by atoms with Crippen molar-refractivity contribution in [3.63, 3.8) is 0 Å². The number of pyridine rings is 1. The fourth-order valence-corrected chi connectivity index (χ4v) is 2.69. The Hall–Kier alpha value is -3.26. The maximum atomic E-state index is 13.6. The zero-order chi connectivity index (χ0) is 22.7. The lowest BCUT2D eigenvalue weighted by atomic mass is 9.97. The van der Waals surface area contributed by atoms with Gasteiger partial charge in [-0.25, -0.2) is 15.2 Å². The average molecular weight is 417 g/mol. The number of allylic oxidation sites excluding steroid dienone is 3. The van der Waals surface area contributed by atoms with Crippen LogP contribution >= 0.6 is 0 Å². The number of nitrogen functional groups attached to an aromatic ring is 1. The van der Waals surface area contributed by atoms with Crippen LogP contribution in [0.1, 0.15) is 37.8 Å². The summed E-state index contributed by atoms with van der Waals surface area (Å²) < 4.78 is 23.1. The topological polar surface area (TPSA) is 107 Å². The second-order valence-corrected chi connectivity index (χ2v) is 6.63. The number of halogens is 2. The molecule has 0 fully saturated rings. The molecule has 2 rings (SSSR count). The molecule has 6 nitrogen and oxygen atoms in total. The van der Waals surface area contributed by atoms with Crippen molar-refractivity contribution in [2.45, 2.75) is 26.7 Å². The first-order valence-electron chi connectivity index (χ1n) is 9.39. The molecule has 0 spiro atoms. The fourth-order valence-electron chi connectivity index (χ4n) is 2.69. The van der Waals surface area contributed by atoms with Gasteiger partial charge in [0.2, 0.25) is 0 Å². The molecule has 0 atom stereocenters. The second-order valence-electron chi connectivity index (χ2n) is 6.63. The summed E-state index contributed by atoms with van der Waals surface area (Å²) in [5.41, 5.74) is 9.59. The van der Waals surface area contributed by atoms with E-state index in [2.05, 4.69) is 36.1 Å². The van der Waals surface area contributed by atoms with E-state index in [1.807, 2.05) is 18.2 Å². The van der Waals surface area contributed by atoms with Gasteiger partial charge < -0.3 is 11.6 Å². The molecule has 0 saturated carbocycles. The van der Waals surface area contributed by atoms with Crippen molar-refractivity contribution in [2.75, 3.05) is 19.5 Å². The van der Waals surface area contributed by atoms with Crippen LogP contribution in [0.25, 0.3) is 11.1 Å². The molecular weight excluding hydrogens is 386 g/mol. The molecule has 0 aliphatic rings. The van der Waals surface area contributed by atoms with E-state index in [9.17, 15) is 8.78 Å². The molecule has 0 unspecified atom stereocenters. The third-order valence-corrected chi connectivity index (χ3v) is 4.25. The Balaban J connectivity index is 0.00000218. The molecule has 30 heavy (non-hydrogen) atoms. The molecule has 1 aromatic carbocycles. The van der Waals surface area contributed by atoms with Gasteiger partial charge in [0.1, 0.15) is 11.6 Å². The average Bonchev–Trinajstić information content (AvgIpc) is 2.75. The number of hydrogen-bond donors (Lipinski definition) is 3. The van der Waals surface area contributed by atoms with Crippen molar-refractivity contribution >= 4 is 11.7 Å². The zero-order valence-electron chi connectivity index (χ0n) is 17.8. The Morgan fingerprint density at radius 1 is 1.23 bits per heavy atom. The maximum Gasteiger partial charge on any atom is 0.173 e. The van der Waals surface area contributed by atoms with E-state index >= 15 is 0 Å². The van der Waals surface area contributed by atoms with Crippen LogP contribution < -0.4 is 17.4 Å². The lowest BCUT2D eigenvalue weighted by Gasteiger charge is -2.20. The van der Waals surface area contributed by atoms with Gasteiger partial charge in [0.15, 0.2) is 5.84 Å². The standard InChI is InChI=1S/C21H27FN6.CH3F/c1-4-6-18(22)9-10-28(25)21(27-24)19-12-17(13-26-20(19)23)16-8-5-7-15(11-16)14(2)3;1-2/h4-9,11-14H,10,24-25H2,1-3H3,(H2,23,26);1H3/b6-4-,18-9+,27-21-;. The van der Waals surface area contributed by atoms with Gasteiger partial charge in [-0.2, -0.15) is 5.10 Å². The van der Waals surface area contributed by atoms with Crippen molar-refractivity contribution < 1.29 is 8.78 Å². The van der Waals surface area contributed by atoms with Crippen LogP contribution in [0.2, 0.25) is 0 Å². The lowest BCUT2D eigenvalue weighted by molar-refractivity contribution is 0.482. The van der Waals surface area contributed by atoms with Gasteiger partial charge in [-0.1, -0.05) is 44.2 Å². The summed E-state index contributed by atoms with van der Waals surface area (Å²) >= 11 is 0. The first-order valence-corrected chi connectivity index (χ1v) is 9.39. The lowest BCUT2D eigenvalue weighted by Crippen LogP contribution is -2.39. The van der Waals surface area contributed by atoms with Crippen LogP contribution in [0.5, 0.6) is 0 Å². The Kier molecular flexibility index (Phi) is 10.2. The van der Waals surface area contributed by atoms with E-state index in [1.165, 1.54) is 22.7 Å². The first kappa shape index (κ1) is 24.8. The van der Waals surface area contributed by atoms with Gasteiger partial charge in [-0.15, -0.1) is 0 Å². The van der Waals surface area contributed by atoms with Crippen molar-refractivity contribution in [1.29, 1.82) is 0 Å². The Morgan fingerprint density at radius 3 is 2.53 bits per heavy atom. The van der Waals surface area contributed by atoms with Gasteiger partial charge >= 0.3 is 0 Å². The van der Waals surface area contributed by atoms with E-state index < -0.39 is 5.83 Å². The van der Waals surface area contributed by atoms with Gasteiger partial charge in [0.25, 0.3) is 0 Å². The van der Waals surface area contributed by atoms with Gasteiger partial charge in [-0.3, -0.25) is 9.40 Å². The molecule has 0 aliphatic carbocycles. The number of nitrogens with two attached hydrogens (primary N) is 3. The molecular formula is C22H30F2N6. The zero-order valence-corrected chi connectivity index (χ0v) is 17.8. The predicted octanol–water partition coefficient (Wildman–Crippen LogP) is 4.27. The molecule has 0 saturated heterocycles. The maximum absolute atomic E-state index is 13.6. The molecule has 8 heteroatoms. The summed E-state index contributed by atoms with van der Waals surface area (Å²) in [6, 6.07) is 10.0. The molecule has 162 valence electrons. The van der Waals surface area contributed by atoms with Crippen LogP contribution in [0.4, 0.5) is 14.6 Å². The predicted molar refractivity (Wildman–Crippen MR) is 121 cm³/mol. The Bertz CT molecular complexity index is 906. The SMILES string of the molecule is C/C=C\C(F)=C/CN(N)/C(=N\N)c1cc(-c2cccc(C(C)C)c2)cnc1N.CF. The van der Waals surface area contributed by atoms with E-state index in [0.717, 1.165) is 11.1 Å². The van der Waals surface area contributed by atoms with E-state index in [1.54, 1.807) is 19.2 Å². The third kappa shape index (κ3) is 6.66. The molecule has 0 radical (unpaired) electrons. The number of amidine groups is 1. The Morgan fingerprint density at radius 2 is 1.93 bits per heavy atom. The summed E-state index contributed by atoms with van der Waals surface area (Å²) in [5, 5.41) is 4.98. The summed E-state index contributed by atoms with van der Waals surface area (Å²) in [7, 11) is 0.500. The van der Waals surface area contributed by atoms with E-state index in [0.29, 0.717) is 18.7 Å². The van der Waals surface area contributed by atoms with Crippen LogP contribution in [0.3, 0.4) is 0 Å². The van der Waals surface area contributed by atoms with Gasteiger partial charge in [0.05, 0.1) is 19.3 Å². The van der Waals surface area contributed by atoms with Crippen LogP contribution in [0.15, 0.2) is 65.7 Å². The van der Waals surface area contributed by atoms with Crippen molar-refractivity contribution in [3.8, 4) is 11.1 Å². The molecule has 2 aromatic rings. The van der Waals surface area contributed by atoms with Crippen LogP contribution in [-0.4, -0.2) is 29.6 Å². The largest absolute Gasteiger partial charge is 0.383 e. The number of anilines is 1. The van der Waals surface area contributed by atoms with E-state index in [4.69, 9.17) is 17.4 Å². The molecule has 0 amide bonds. The first-order chi connectivity index (χ1) is 14.4. The normalized spacial score (nSPS) is 12.1. The Labute approximate surface area is 176 Å². The monoisotopic (exact) mass is 416 g/mol. The summed E-state index contributed by atoms with van der Waals surface area (Å²) in [6.07, 6.45) is 5.95. The summed E-state index contributed by atoms with van der Waals surface area (Å²) in [5.74, 6) is 12.0. The minimum atomic E-state index is -0.403. The quantitative estimate of drug-likeness (QED) is 0.214. The number of benzene rings is 1. The third-order valence-electron chi connectivity index (χ3n) is 4.25. The number of aromatic nitrogens is 1. The fraction of sp³-hybridized carbons (Fsp3) is 0.273. The molecule has 1 heterocycles. The molecule has 0 bridgehead atoms. The summed E-state index contributed by atoms with van der Waals surface area (Å²) in [6.45, 7) is 6.07. The number of hydrogen-bond acceptors (Lipinski definition) is 5. The highest BCUT2D eigenvalue weighted by Gasteiger charge is 2.16. The number of hydrazone groups is 1. The minimum Gasteiger partial charge on any atom is -0.383 e. The molecule has 6 N–H and O–H groups in total. The number of rotatable bonds is 6. The van der Waals surface area contributed by atoms with Crippen LogP contribution in [0, 0.1) is 0 Å². The van der Waals surface area contributed by atoms with Crippen molar-refractivity contribution in [1.82, 2.24) is 9.99 Å². The van der Waals surface area contributed by atoms with Crippen molar-refractivity contribution in [3.05, 3.63) is 71.7 Å². The number of alkyl halides is 1. The van der Waals surface area contributed by atoms with E-state index in [-0.39, 0.29) is 18.2 Å². The van der Waals surface area contributed by atoms with Crippen molar-refractivity contribution in [2.24, 2.45) is 16.8 Å². The number of nitrogens with zero attached hydrogens (tertiary/aromatic N) is 3. The molecule has 0 aliphatic heterocycles. The van der Waals surface area contributed by atoms with Crippen LogP contribution in [-0.2, 0) is 0 Å². The van der Waals surface area contributed by atoms with Gasteiger partial charge in [0, 0.05) is 11.8 Å². The molecule has 1 aromatic heterocycles. The highest BCUT2D eigenvalue weighted by Crippen LogP contribution is 2.26. The highest BCUT2D eigenvalue weighted by atomic mass is 19.1. The highest BCUT2D eigenvalue weighted by molar-refractivity contribution is 6.03. The minimum absolute atomic E-state index is 0.0682. The van der Waals surface area contributed by atoms with Gasteiger partial charge in [-0.05, 0) is 42.2 Å². The number of hydrazine groups is 1. The smallest absolute Gasteiger partial charge is 0.173 e.